The maximum absolute atomic E-state index is 12.2. The van der Waals surface area contributed by atoms with Crippen LogP contribution in [0.4, 0.5) is 0 Å². The molecule has 0 spiro atoms. The van der Waals surface area contributed by atoms with Crippen molar-refractivity contribution in [3.05, 3.63) is 33.8 Å². The number of benzene rings is 1. The summed E-state index contributed by atoms with van der Waals surface area (Å²) in [4.78, 5) is 14.1. The maximum Gasteiger partial charge on any atom is 0.156 e. The van der Waals surface area contributed by atoms with Crippen molar-refractivity contribution in [3.63, 3.8) is 0 Å². The summed E-state index contributed by atoms with van der Waals surface area (Å²) >= 11 is 11.9. The topological polar surface area (TPSA) is 20.3 Å². The van der Waals surface area contributed by atoms with Gasteiger partial charge in [-0.05, 0) is 51.7 Å². The first-order chi connectivity index (χ1) is 7.75. The number of likely N-dealkylation sites (N-methyl/N-ethyl adjacent to an activating group) is 1. The highest BCUT2D eigenvalue weighted by molar-refractivity contribution is 6.33. The van der Waals surface area contributed by atoms with Crippen molar-refractivity contribution >= 4 is 29.0 Å². The van der Waals surface area contributed by atoms with Gasteiger partial charge in [0.2, 0.25) is 0 Å². The Kier molecular flexibility index (Phi) is 4.59. The number of nitrogens with zero attached hydrogens (tertiary/aromatic N) is 1. The highest BCUT2D eigenvalue weighted by Gasteiger charge is 2.29. The molecule has 94 valence electrons. The van der Waals surface area contributed by atoms with Crippen LogP contribution in [0, 0.1) is 0 Å². The Morgan fingerprint density at radius 1 is 1.29 bits per heavy atom. The van der Waals surface area contributed by atoms with Crippen LogP contribution in [0.3, 0.4) is 0 Å². The van der Waals surface area contributed by atoms with Crippen LogP contribution < -0.4 is 0 Å². The van der Waals surface area contributed by atoms with Gasteiger partial charge in [0.05, 0.1) is 5.54 Å². The fraction of sp³-hybridized carbons (Fsp3) is 0.462. The second kappa shape index (κ2) is 5.38. The zero-order valence-corrected chi connectivity index (χ0v) is 12.1. The van der Waals surface area contributed by atoms with Gasteiger partial charge in [0.15, 0.2) is 5.78 Å². The lowest BCUT2D eigenvalue weighted by Gasteiger charge is -2.31. The summed E-state index contributed by atoms with van der Waals surface area (Å²) in [6.07, 6.45) is 0.296. The molecule has 1 rings (SSSR count). The summed E-state index contributed by atoms with van der Waals surface area (Å²) in [7, 11) is 3.77. The summed E-state index contributed by atoms with van der Waals surface area (Å²) in [6.45, 7) is 3.79. The van der Waals surface area contributed by atoms with Crippen molar-refractivity contribution in [2.45, 2.75) is 25.8 Å². The van der Waals surface area contributed by atoms with E-state index in [4.69, 9.17) is 23.2 Å². The fourth-order valence-corrected chi connectivity index (χ4v) is 1.70. The number of carbonyl (C=O) groups excluding carboxylic acids is 1. The largest absolute Gasteiger partial charge is 0.298 e. The molecule has 0 aromatic heterocycles. The van der Waals surface area contributed by atoms with Gasteiger partial charge in [0.25, 0.3) is 0 Å². The molecule has 0 amide bonds. The minimum atomic E-state index is -0.508. The maximum atomic E-state index is 12.2. The van der Waals surface area contributed by atoms with E-state index in [-0.39, 0.29) is 5.78 Å². The zero-order chi connectivity index (χ0) is 13.2. The molecule has 1 aromatic carbocycles. The van der Waals surface area contributed by atoms with E-state index in [2.05, 4.69) is 0 Å². The quantitative estimate of drug-likeness (QED) is 0.838. The monoisotopic (exact) mass is 273 g/mol. The van der Waals surface area contributed by atoms with Gasteiger partial charge < -0.3 is 0 Å². The zero-order valence-electron chi connectivity index (χ0n) is 10.6. The molecule has 0 fully saturated rings. The number of hydrogen-bond donors (Lipinski definition) is 0. The number of ketones is 1. The highest BCUT2D eigenvalue weighted by atomic mass is 35.5. The molecule has 0 radical (unpaired) electrons. The van der Waals surface area contributed by atoms with Gasteiger partial charge in [0.1, 0.15) is 0 Å². The van der Waals surface area contributed by atoms with Crippen molar-refractivity contribution in [1.82, 2.24) is 4.90 Å². The molecule has 1 aromatic rings. The molecule has 0 aliphatic carbocycles. The normalized spacial score (nSPS) is 11.9. The third kappa shape index (κ3) is 3.44. The van der Waals surface area contributed by atoms with Crippen LogP contribution in [-0.4, -0.2) is 30.3 Å². The SMILES string of the molecule is CN(C)C(C)(C)C(=O)Cc1cc(Cl)ccc1Cl. The van der Waals surface area contributed by atoms with Crippen LogP contribution in [0.15, 0.2) is 18.2 Å². The van der Waals surface area contributed by atoms with Crippen LogP contribution in [0.5, 0.6) is 0 Å². The molecule has 0 unspecified atom stereocenters. The summed E-state index contributed by atoms with van der Waals surface area (Å²) < 4.78 is 0. The average Bonchev–Trinajstić information content (AvgIpc) is 2.23. The van der Waals surface area contributed by atoms with Crippen LogP contribution in [0.2, 0.25) is 10.0 Å². The average molecular weight is 274 g/mol. The Labute approximate surface area is 113 Å². The van der Waals surface area contributed by atoms with E-state index in [0.29, 0.717) is 16.5 Å². The van der Waals surface area contributed by atoms with Crippen molar-refractivity contribution in [1.29, 1.82) is 0 Å². The Morgan fingerprint density at radius 2 is 1.88 bits per heavy atom. The van der Waals surface area contributed by atoms with Gasteiger partial charge in [-0.2, -0.15) is 0 Å². The van der Waals surface area contributed by atoms with E-state index in [9.17, 15) is 4.79 Å². The Hall–Kier alpha value is -0.570. The second-order valence-electron chi connectivity index (χ2n) is 4.79. The number of Topliss-reactive ketones (excluding diaryl/α,β-unsaturated/α-hetero) is 1. The van der Waals surface area contributed by atoms with Crippen LogP contribution in [-0.2, 0) is 11.2 Å². The van der Waals surface area contributed by atoms with Crippen LogP contribution in [0.1, 0.15) is 19.4 Å². The second-order valence-corrected chi connectivity index (χ2v) is 5.63. The van der Waals surface area contributed by atoms with Crippen molar-refractivity contribution in [2.75, 3.05) is 14.1 Å². The molecule has 17 heavy (non-hydrogen) atoms. The molecule has 0 atom stereocenters. The lowest BCUT2D eigenvalue weighted by Crippen LogP contribution is -2.46. The minimum Gasteiger partial charge on any atom is -0.298 e. The van der Waals surface area contributed by atoms with E-state index < -0.39 is 5.54 Å². The molecular formula is C13H17Cl2NO. The molecular weight excluding hydrogens is 257 g/mol. The van der Waals surface area contributed by atoms with Crippen molar-refractivity contribution < 1.29 is 4.79 Å². The number of halogens is 2. The molecule has 0 aliphatic rings. The molecule has 2 nitrogen and oxygen atoms in total. The highest BCUT2D eigenvalue weighted by Crippen LogP contribution is 2.23. The first-order valence-corrected chi connectivity index (χ1v) is 6.15. The predicted molar refractivity (Wildman–Crippen MR) is 72.9 cm³/mol. The third-order valence-corrected chi connectivity index (χ3v) is 3.76. The van der Waals surface area contributed by atoms with Crippen LogP contribution in [0.25, 0.3) is 0 Å². The molecule has 0 heterocycles. The molecule has 0 N–H and O–H groups in total. The van der Waals surface area contributed by atoms with Crippen LogP contribution >= 0.6 is 23.2 Å². The molecule has 4 heteroatoms. The standard InChI is InChI=1S/C13H17Cl2NO/c1-13(2,16(3)4)12(17)8-9-7-10(14)5-6-11(9)15/h5-7H,8H2,1-4H3. The third-order valence-electron chi connectivity index (χ3n) is 3.16. The minimum absolute atomic E-state index is 0.117. The molecule has 0 saturated carbocycles. The van der Waals surface area contributed by atoms with Gasteiger partial charge in [-0.15, -0.1) is 0 Å². The summed E-state index contributed by atoms with van der Waals surface area (Å²) in [5.74, 6) is 0.117. The predicted octanol–water partition coefficient (Wildman–Crippen LogP) is 3.45. The summed E-state index contributed by atoms with van der Waals surface area (Å²) in [5, 5.41) is 1.18. The first-order valence-electron chi connectivity index (χ1n) is 5.40. The number of rotatable bonds is 4. The number of hydrogen-bond acceptors (Lipinski definition) is 2. The van der Waals surface area contributed by atoms with E-state index >= 15 is 0 Å². The molecule has 0 aliphatic heterocycles. The van der Waals surface area contributed by atoms with Gasteiger partial charge in [0, 0.05) is 16.5 Å². The van der Waals surface area contributed by atoms with Gasteiger partial charge in [-0.3, -0.25) is 9.69 Å². The van der Waals surface area contributed by atoms with E-state index in [1.165, 1.54) is 0 Å². The van der Waals surface area contributed by atoms with Crippen molar-refractivity contribution in [3.8, 4) is 0 Å². The lowest BCUT2D eigenvalue weighted by atomic mass is 9.92. The fourth-order valence-electron chi connectivity index (χ4n) is 1.32. The van der Waals surface area contributed by atoms with Gasteiger partial charge in [-0.25, -0.2) is 0 Å². The van der Waals surface area contributed by atoms with E-state index in [0.717, 1.165) is 5.56 Å². The molecule has 0 bridgehead atoms. The Bertz CT molecular complexity index is 427. The van der Waals surface area contributed by atoms with E-state index in [1.807, 2.05) is 32.8 Å². The Balaban J connectivity index is 2.92. The van der Waals surface area contributed by atoms with Gasteiger partial charge >= 0.3 is 0 Å². The summed E-state index contributed by atoms with van der Waals surface area (Å²) in [6, 6.07) is 5.18. The smallest absolute Gasteiger partial charge is 0.156 e. The van der Waals surface area contributed by atoms with Gasteiger partial charge in [-0.1, -0.05) is 23.2 Å². The lowest BCUT2D eigenvalue weighted by molar-refractivity contribution is -0.127. The Morgan fingerprint density at radius 3 is 2.41 bits per heavy atom. The van der Waals surface area contributed by atoms with Crippen molar-refractivity contribution in [2.24, 2.45) is 0 Å². The summed E-state index contributed by atoms with van der Waals surface area (Å²) in [5.41, 5.74) is 0.269. The number of carbonyl (C=O) groups is 1. The van der Waals surface area contributed by atoms with E-state index in [1.54, 1.807) is 18.2 Å². The molecule has 0 saturated heterocycles. The first kappa shape index (κ1) is 14.5.